The van der Waals surface area contributed by atoms with Crippen LogP contribution in [0.25, 0.3) is 11.3 Å². The number of ether oxygens (including phenoxy) is 1. The summed E-state index contributed by atoms with van der Waals surface area (Å²) in [6, 6.07) is 6.97. The van der Waals surface area contributed by atoms with Crippen LogP contribution in [0.4, 0.5) is 0 Å². The molecule has 100 valence electrons. The summed E-state index contributed by atoms with van der Waals surface area (Å²) in [5.41, 5.74) is 1.98. The first kappa shape index (κ1) is 13.5. The summed E-state index contributed by atoms with van der Waals surface area (Å²) in [5, 5.41) is 10.8. The number of hydrogen-bond acceptors (Lipinski definition) is 3. The van der Waals surface area contributed by atoms with Crippen LogP contribution in [0.15, 0.2) is 24.3 Å². The van der Waals surface area contributed by atoms with E-state index in [0.717, 1.165) is 5.56 Å². The molecule has 1 heterocycles. The van der Waals surface area contributed by atoms with Gasteiger partial charge in [-0.2, -0.15) is 0 Å². The number of rotatable bonds is 3. The molecule has 1 aromatic carbocycles. The highest BCUT2D eigenvalue weighted by Gasteiger charge is 2.22. The lowest BCUT2D eigenvalue weighted by molar-refractivity contribution is 0.0522. The molecule has 0 aliphatic carbocycles. The molecule has 2 aromatic rings. The largest absolute Gasteiger partial charge is 0.505 e. The minimum atomic E-state index is -0.533. The van der Waals surface area contributed by atoms with Crippen LogP contribution in [0.3, 0.4) is 0 Å². The van der Waals surface area contributed by atoms with Crippen molar-refractivity contribution in [3.63, 3.8) is 0 Å². The van der Waals surface area contributed by atoms with Gasteiger partial charge in [-0.1, -0.05) is 23.7 Å². The van der Waals surface area contributed by atoms with Crippen molar-refractivity contribution in [3.8, 4) is 17.0 Å². The van der Waals surface area contributed by atoms with Gasteiger partial charge >= 0.3 is 5.97 Å². The number of carbonyl (C=O) groups is 1. The highest BCUT2D eigenvalue weighted by atomic mass is 35.5. The number of esters is 1. The predicted octanol–water partition coefficient (Wildman–Crippen LogP) is 3.53. The van der Waals surface area contributed by atoms with Gasteiger partial charge in [0.25, 0.3) is 0 Å². The molecule has 2 rings (SSSR count). The zero-order valence-corrected chi connectivity index (χ0v) is 11.4. The van der Waals surface area contributed by atoms with E-state index in [-0.39, 0.29) is 17.9 Å². The van der Waals surface area contributed by atoms with Crippen LogP contribution in [0.5, 0.6) is 5.75 Å². The van der Waals surface area contributed by atoms with Crippen molar-refractivity contribution < 1.29 is 14.6 Å². The highest BCUT2D eigenvalue weighted by molar-refractivity contribution is 6.30. The van der Waals surface area contributed by atoms with Crippen LogP contribution in [-0.4, -0.2) is 22.7 Å². The molecule has 0 aliphatic rings. The van der Waals surface area contributed by atoms with E-state index in [9.17, 15) is 9.90 Å². The summed E-state index contributed by atoms with van der Waals surface area (Å²) in [4.78, 5) is 14.8. The molecule has 0 fully saturated rings. The molecule has 0 radical (unpaired) electrons. The number of benzene rings is 1. The molecule has 5 heteroatoms. The van der Waals surface area contributed by atoms with Gasteiger partial charge in [-0.15, -0.1) is 0 Å². The smallest absolute Gasteiger partial charge is 0.343 e. The third-order valence-electron chi connectivity index (χ3n) is 2.77. The molecule has 0 spiro atoms. The number of halogens is 1. The summed E-state index contributed by atoms with van der Waals surface area (Å²) < 4.78 is 4.92. The van der Waals surface area contributed by atoms with Gasteiger partial charge in [0.2, 0.25) is 0 Å². The number of hydrogen-bond donors (Lipinski definition) is 2. The molecule has 0 amide bonds. The number of nitrogens with one attached hydrogen (secondary N) is 1. The fraction of sp³-hybridized carbons (Fsp3) is 0.214. The van der Waals surface area contributed by atoms with Crippen molar-refractivity contribution in [3.05, 3.63) is 40.5 Å². The number of carbonyl (C=O) groups excluding carboxylic acids is 1. The van der Waals surface area contributed by atoms with E-state index < -0.39 is 5.97 Å². The number of aromatic hydroxyl groups is 1. The minimum absolute atomic E-state index is 0.0988. The van der Waals surface area contributed by atoms with Crippen molar-refractivity contribution in [2.24, 2.45) is 0 Å². The van der Waals surface area contributed by atoms with E-state index in [0.29, 0.717) is 16.4 Å². The Balaban J connectivity index is 2.46. The maximum absolute atomic E-state index is 11.8. The Morgan fingerprint density at radius 3 is 2.58 bits per heavy atom. The second-order valence-electron chi connectivity index (χ2n) is 4.08. The fourth-order valence-corrected chi connectivity index (χ4v) is 2.02. The fourth-order valence-electron chi connectivity index (χ4n) is 1.89. The predicted molar refractivity (Wildman–Crippen MR) is 73.6 cm³/mol. The lowest BCUT2D eigenvalue weighted by Gasteiger charge is -2.02. The molecule has 0 saturated heterocycles. The molecule has 0 atom stereocenters. The molecular weight excluding hydrogens is 266 g/mol. The second-order valence-corrected chi connectivity index (χ2v) is 4.51. The second kappa shape index (κ2) is 5.36. The van der Waals surface area contributed by atoms with Crippen molar-refractivity contribution in [1.82, 2.24) is 4.98 Å². The van der Waals surface area contributed by atoms with Gasteiger partial charge in [-0.3, -0.25) is 0 Å². The lowest BCUT2D eigenvalue weighted by Crippen LogP contribution is -2.05. The van der Waals surface area contributed by atoms with Crippen molar-refractivity contribution >= 4 is 17.6 Å². The van der Waals surface area contributed by atoms with Crippen LogP contribution >= 0.6 is 11.6 Å². The first-order valence-corrected chi connectivity index (χ1v) is 6.27. The minimum Gasteiger partial charge on any atom is -0.505 e. The standard InChI is InChI=1S/C14H14ClNO3/c1-3-19-14(18)11-8(2)16-12(13(11)17)9-4-6-10(15)7-5-9/h4-7,16-17H,3H2,1-2H3. The van der Waals surface area contributed by atoms with Crippen LogP contribution in [0.1, 0.15) is 23.0 Å². The average molecular weight is 280 g/mol. The molecule has 0 aliphatic heterocycles. The van der Waals surface area contributed by atoms with E-state index in [1.807, 2.05) is 0 Å². The molecule has 0 bridgehead atoms. The Morgan fingerprint density at radius 2 is 2.00 bits per heavy atom. The van der Waals surface area contributed by atoms with E-state index in [1.54, 1.807) is 38.1 Å². The van der Waals surface area contributed by atoms with Gasteiger partial charge in [0.05, 0.1) is 12.3 Å². The van der Waals surface area contributed by atoms with Gasteiger partial charge in [0.1, 0.15) is 5.56 Å². The molecule has 19 heavy (non-hydrogen) atoms. The lowest BCUT2D eigenvalue weighted by atomic mass is 10.1. The summed E-state index contributed by atoms with van der Waals surface area (Å²) >= 11 is 5.82. The zero-order chi connectivity index (χ0) is 14.0. The summed E-state index contributed by atoms with van der Waals surface area (Å²) in [5.74, 6) is -0.632. The molecule has 1 aromatic heterocycles. The quantitative estimate of drug-likeness (QED) is 0.845. The number of aromatic amines is 1. The maximum Gasteiger partial charge on any atom is 0.343 e. The summed E-state index contributed by atoms with van der Waals surface area (Å²) in [6.45, 7) is 3.70. The van der Waals surface area contributed by atoms with Gasteiger partial charge in [-0.05, 0) is 26.0 Å². The summed E-state index contributed by atoms with van der Waals surface area (Å²) in [7, 11) is 0. The SMILES string of the molecule is CCOC(=O)c1c(C)[nH]c(-c2ccc(Cl)cc2)c1O. The van der Waals surface area contributed by atoms with E-state index >= 15 is 0 Å². The van der Waals surface area contributed by atoms with E-state index in [1.165, 1.54) is 0 Å². The highest BCUT2D eigenvalue weighted by Crippen LogP contribution is 2.34. The number of H-pyrrole nitrogens is 1. The third-order valence-corrected chi connectivity index (χ3v) is 3.03. The zero-order valence-electron chi connectivity index (χ0n) is 10.7. The summed E-state index contributed by atoms with van der Waals surface area (Å²) in [6.07, 6.45) is 0. The molecule has 0 saturated carbocycles. The Labute approximate surface area is 116 Å². The first-order valence-electron chi connectivity index (χ1n) is 5.89. The van der Waals surface area contributed by atoms with Gasteiger partial charge in [0, 0.05) is 16.3 Å². The van der Waals surface area contributed by atoms with Crippen LogP contribution in [0, 0.1) is 6.92 Å². The first-order chi connectivity index (χ1) is 9.04. The van der Waals surface area contributed by atoms with Crippen molar-refractivity contribution in [1.29, 1.82) is 0 Å². The van der Waals surface area contributed by atoms with Gasteiger partial charge < -0.3 is 14.8 Å². The Kier molecular flexibility index (Phi) is 3.81. The number of aromatic nitrogens is 1. The Hall–Kier alpha value is -1.94. The normalized spacial score (nSPS) is 10.5. The molecule has 2 N–H and O–H groups in total. The van der Waals surface area contributed by atoms with Crippen LogP contribution in [0.2, 0.25) is 5.02 Å². The molecule has 4 nitrogen and oxygen atoms in total. The maximum atomic E-state index is 11.8. The number of aryl methyl sites for hydroxylation is 1. The van der Waals surface area contributed by atoms with Crippen LogP contribution in [-0.2, 0) is 4.74 Å². The molecule has 0 unspecified atom stereocenters. The average Bonchev–Trinajstić information content (AvgIpc) is 2.66. The van der Waals surface area contributed by atoms with E-state index in [2.05, 4.69) is 4.98 Å². The Bertz CT molecular complexity index is 602. The van der Waals surface area contributed by atoms with Gasteiger partial charge in [0.15, 0.2) is 5.75 Å². The monoisotopic (exact) mass is 279 g/mol. The topological polar surface area (TPSA) is 62.3 Å². The van der Waals surface area contributed by atoms with Crippen LogP contribution < -0.4 is 0 Å². The van der Waals surface area contributed by atoms with Crippen molar-refractivity contribution in [2.45, 2.75) is 13.8 Å². The van der Waals surface area contributed by atoms with Gasteiger partial charge in [-0.25, -0.2) is 4.79 Å². The third kappa shape index (κ3) is 2.58. The van der Waals surface area contributed by atoms with E-state index in [4.69, 9.17) is 16.3 Å². The van der Waals surface area contributed by atoms with Crippen molar-refractivity contribution in [2.75, 3.05) is 6.61 Å². The molecular formula is C14H14ClNO3. The Morgan fingerprint density at radius 1 is 1.37 bits per heavy atom.